The summed E-state index contributed by atoms with van der Waals surface area (Å²) in [7, 11) is 0. The van der Waals surface area contributed by atoms with Crippen LogP contribution in [0.4, 0.5) is 0 Å². The highest BCUT2D eigenvalue weighted by molar-refractivity contribution is 5.71. The van der Waals surface area contributed by atoms with E-state index in [1.54, 1.807) is 0 Å². The van der Waals surface area contributed by atoms with E-state index in [4.69, 9.17) is 5.73 Å². The highest BCUT2D eigenvalue weighted by atomic mass is 14.9. The Hall–Kier alpha value is -1.58. The maximum Gasteiger partial charge on any atom is 0.0451 e. The molecular formula is C24H41N3. The fourth-order valence-corrected chi connectivity index (χ4v) is 3.34. The number of unbranched alkanes of at least 4 members (excludes halogenated alkanes) is 2. The van der Waals surface area contributed by atoms with Gasteiger partial charge < -0.3 is 16.4 Å². The third-order valence-electron chi connectivity index (χ3n) is 4.77. The molecule has 0 saturated carbocycles. The molecular weight excluding hydrogens is 330 g/mol. The van der Waals surface area contributed by atoms with E-state index in [0.717, 1.165) is 25.9 Å². The Bertz CT molecular complexity index is 582. The fourth-order valence-electron chi connectivity index (χ4n) is 3.34. The molecule has 1 rings (SSSR count). The predicted molar refractivity (Wildman–Crippen MR) is 121 cm³/mol. The Kier molecular flexibility index (Phi) is 11.8. The lowest BCUT2D eigenvalue weighted by Crippen LogP contribution is -2.23. The van der Waals surface area contributed by atoms with Crippen molar-refractivity contribution in [1.82, 2.24) is 10.6 Å². The molecule has 0 spiro atoms. The highest BCUT2D eigenvalue weighted by Gasteiger charge is 2.13. The van der Waals surface area contributed by atoms with Gasteiger partial charge in [-0.05, 0) is 75.4 Å². The molecule has 0 aromatic heterocycles. The van der Waals surface area contributed by atoms with Crippen molar-refractivity contribution >= 4 is 5.70 Å². The van der Waals surface area contributed by atoms with Crippen molar-refractivity contribution in [3.63, 3.8) is 0 Å². The Morgan fingerprint density at radius 2 is 1.81 bits per heavy atom. The quantitative estimate of drug-likeness (QED) is 0.322. The molecule has 0 fully saturated rings. The van der Waals surface area contributed by atoms with Gasteiger partial charge in [0.25, 0.3) is 0 Å². The summed E-state index contributed by atoms with van der Waals surface area (Å²) in [5.74, 6) is 0. The lowest BCUT2D eigenvalue weighted by atomic mass is 9.94. The van der Waals surface area contributed by atoms with Crippen molar-refractivity contribution in [2.75, 3.05) is 13.1 Å². The molecule has 0 atom stereocenters. The van der Waals surface area contributed by atoms with Gasteiger partial charge in [0.1, 0.15) is 0 Å². The molecule has 0 unspecified atom stereocenters. The number of benzene rings is 1. The topological polar surface area (TPSA) is 50.1 Å². The number of nitrogens with two attached hydrogens (primary N) is 1. The number of nitrogens with one attached hydrogen (secondary N) is 2. The highest BCUT2D eigenvalue weighted by Crippen LogP contribution is 2.27. The van der Waals surface area contributed by atoms with Crippen molar-refractivity contribution < 1.29 is 0 Å². The monoisotopic (exact) mass is 371 g/mol. The third-order valence-corrected chi connectivity index (χ3v) is 4.77. The summed E-state index contributed by atoms with van der Waals surface area (Å²) in [4.78, 5) is 0. The summed E-state index contributed by atoms with van der Waals surface area (Å²) in [6.07, 6.45) is 7.96. The minimum absolute atomic E-state index is 0.377. The van der Waals surface area contributed by atoms with Gasteiger partial charge in [0.2, 0.25) is 0 Å². The molecule has 27 heavy (non-hydrogen) atoms. The molecule has 4 N–H and O–H groups in total. The maximum atomic E-state index is 5.94. The van der Waals surface area contributed by atoms with Gasteiger partial charge in [0.15, 0.2) is 0 Å². The van der Waals surface area contributed by atoms with Crippen LogP contribution in [0.25, 0.3) is 5.70 Å². The normalized spacial score (nSPS) is 13.1. The van der Waals surface area contributed by atoms with Crippen LogP contribution in [-0.4, -0.2) is 19.1 Å². The molecule has 0 heterocycles. The van der Waals surface area contributed by atoms with Crippen LogP contribution in [-0.2, 0) is 6.54 Å². The van der Waals surface area contributed by atoms with Gasteiger partial charge in [0.05, 0.1) is 0 Å². The third kappa shape index (κ3) is 8.32. The molecule has 3 nitrogen and oxygen atoms in total. The van der Waals surface area contributed by atoms with Gasteiger partial charge in [-0.25, -0.2) is 0 Å². The number of rotatable bonds is 13. The van der Waals surface area contributed by atoms with Crippen molar-refractivity contribution in [1.29, 1.82) is 0 Å². The lowest BCUT2D eigenvalue weighted by molar-refractivity contribution is 0.617. The molecule has 0 aliphatic carbocycles. The first kappa shape index (κ1) is 23.5. The standard InChI is InChI=1S/C24H41N3/c1-6-9-10-17-26-18-20-11-13-22(14-12-20)24(27-19(4)5)23(15-16-25)21(7-2)8-3/h7,11-14,19,26-27H,6,8-10,15-18,25H2,1-5H3/b21-7-,24-23+. The van der Waals surface area contributed by atoms with E-state index in [9.17, 15) is 0 Å². The second-order valence-corrected chi connectivity index (χ2v) is 7.44. The first-order valence-corrected chi connectivity index (χ1v) is 10.7. The van der Waals surface area contributed by atoms with Gasteiger partial charge >= 0.3 is 0 Å². The Labute approximate surface area is 167 Å². The van der Waals surface area contributed by atoms with Crippen molar-refractivity contribution in [3.05, 3.63) is 52.6 Å². The van der Waals surface area contributed by atoms with E-state index in [1.807, 2.05) is 0 Å². The zero-order valence-electron chi connectivity index (χ0n) is 18.2. The van der Waals surface area contributed by atoms with E-state index in [2.05, 4.69) is 75.6 Å². The van der Waals surface area contributed by atoms with E-state index in [0.29, 0.717) is 12.6 Å². The van der Waals surface area contributed by atoms with Crippen LogP contribution in [0.15, 0.2) is 41.5 Å². The molecule has 0 radical (unpaired) electrons. The molecule has 3 heteroatoms. The average molecular weight is 372 g/mol. The summed E-state index contributed by atoms with van der Waals surface area (Å²) in [6, 6.07) is 9.35. The zero-order chi connectivity index (χ0) is 20.1. The van der Waals surface area contributed by atoms with Crippen LogP contribution in [0, 0.1) is 0 Å². The molecule has 0 aliphatic heterocycles. The van der Waals surface area contributed by atoms with Crippen LogP contribution < -0.4 is 16.4 Å². The first-order valence-electron chi connectivity index (χ1n) is 10.7. The Balaban J connectivity index is 3.04. The summed E-state index contributed by atoms with van der Waals surface area (Å²) < 4.78 is 0. The number of allylic oxidation sites excluding steroid dienone is 2. The Morgan fingerprint density at radius 1 is 1.11 bits per heavy atom. The minimum Gasteiger partial charge on any atom is -0.382 e. The van der Waals surface area contributed by atoms with Crippen LogP contribution in [0.5, 0.6) is 0 Å². The number of hydrogen-bond acceptors (Lipinski definition) is 3. The number of hydrogen-bond donors (Lipinski definition) is 3. The fraction of sp³-hybridized carbons (Fsp3) is 0.583. The Morgan fingerprint density at radius 3 is 2.33 bits per heavy atom. The molecule has 1 aromatic carbocycles. The van der Waals surface area contributed by atoms with Crippen molar-refractivity contribution in [3.8, 4) is 0 Å². The van der Waals surface area contributed by atoms with Crippen LogP contribution >= 0.6 is 0 Å². The second kappa shape index (κ2) is 13.6. The molecule has 0 amide bonds. The SMILES string of the molecule is C/C=C(CC)\C(CCN)=C(\NC(C)C)c1ccc(CNCCCCC)cc1. The molecule has 0 bridgehead atoms. The van der Waals surface area contributed by atoms with E-state index in [1.165, 1.54) is 47.2 Å². The zero-order valence-corrected chi connectivity index (χ0v) is 18.2. The average Bonchev–Trinajstić information content (AvgIpc) is 2.67. The van der Waals surface area contributed by atoms with Gasteiger partial charge in [0, 0.05) is 18.3 Å². The summed E-state index contributed by atoms with van der Waals surface area (Å²) in [6.45, 7) is 13.7. The smallest absolute Gasteiger partial charge is 0.0451 e. The summed E-state index contributed by atoms with van der Waals surface area (Å²) in [5.41, 5.74) is 12.5. The van der Waals surface area contributed by atoms with Gasteiger partial charge in [-0.1, -0.05) is 57.0 Å². The van der Waals surface area contributed by atoms with E-state index in [-0.39, 0.29) is 0 Å². The van der Waals surface area contributed by atoms with Crippen molar-refractivity contribution in [2.24, 2.45) is 5.73 Å². The molecule has 1 aromatic rings. The summed E-state index contributed by atoms with van der Waals surface area (Å²) >= 11 is 0. The minimum atomic E-state index is 0.377. The second-order valence-electron chi connectivity index (χ2n) is 7.44. The van der Waals surface area contributed by atoms with Crippen LogP contribution in [0.1, 0.15) is 77.8 Å². The van der Waals surface area contributed by atoms with Gasteiger partial charge in [-0.3, -0.25) is 0 Å². The maximum absolute atomic E-state index is 5.94. The predicted octanol–water partition coefficient (Wildman–Crippen LogP) is 5.38. The largest absolute Gasteiger partial charge is 0.382 e. The molecule has 0 saturated heterocycles. The summed E-state index contributed by atoms with van der Waals surface area (Å²) in [5, 5.41) is 7.23. The van der Waals surface area contributed by atoms with E-state index >= 15 is 0 Å². The van der Waals surface area contributed by atoms with Crippen molar-refractivity contribution in [2.45, 2.75) is 79.3 Å². The van der Waals surface area contributed by atoms with Crippen LogP contribution in [0.3, 0.4) is 0 Å². The molecule has 152 valence electrons. The first-order chi connectivity index (χ1) is 13.1. The lowest BCUT2D eigenvalue weighted by Gasteiger charge is -2.22. The molecule has 0 aliphatic rings. The van der Waals surface area contributed by atoms with Gasteiger partial charge in [-0.2, -0.15) is 0 Å². The van der Waals surface area contributed by atoms with Gasteiger partial charge in [-0.15, -0.1) is 0 Å². The van der Waals surface area contributed by atoms with Crippen LogP contribution in [0.2, 0.25) is 0 Å². The van der Waals surface area contributed by atoms with E-state index < -0.39 is 0 Å².